The Hall–Kier alpha value is -1.52. The lowest BCUT2D eigenvalue weighted by Crippen LogP contribution is -2.54. The van der Waals surface area contributed by atoms with E-state index in [1.165, 1.54) is 69.3 Å². The van der Waals surface area contributed by atoms with E-state index in [1.807, 2.05) is 30.3 Å². The Labute approximate surface area is 309 Å². The Balaban J connectivity index is 0.000000299. The molecule has 0 bridgehead atoms. The summed E-state index contributed by atoms with van der Waals surface area (Å²) in [5, 5.41) is -5.04. The van der Waals surface area contributed by atoms with Crippen LogP contribution in [-0.4, -0.2) is 53.3 Å². The van der Waals surface area contributed by atoms with E-state index in [0.29, 0.717) is 46.8 Å². The molecule has 51 heavy (non-hydrogen) atoms. The molecule has 4 aliphatic carbocycles. The molecule has 1 aromatic rings. The summed E-state index contributed by atoms with van der Waals surface area (Å²) in [4.78, 5) is 23.6. The monoisotopic (exact) mass is 752 g/mol. The van der Waals surface area contributed by atoms with Crippen molar-refractivity contribution >= 4 is 32.8 Å². The number of rotatable bonds is 11. The van der Waals surface area contributed by atoms with Gasteiger partial charge in [-0.05, 0) is 134 Å². The third-order valence-electron chi connectivity index (χ3n) is 14.2. The predicted molar refractivity (Wildman–Crippen MR) is 200 cm³/mol. The molecule has 0 radical (unpaired) electrons. The lowest BCUT2D eigenvalue weighted by molar-refractivity contribution is -0.177. The first kappa shape index (κ1) is 40.7. The SMILES string of the molecule is CC(C)CCCC(C)C1CCC2C3CCC4CC(OC(=O)C(F)(F)S(=O)(=O)[O-])CCC4(C)C3CCC12C.O=C(C[S+]1CCCC1)c1ccccc1. The van der Waals surface area contributed by atoms with Crippen molar-refractivity contribution in [2.24, 2.45) is 52.3 Å². The Morgan fingerprint density at radius 2 is 1.57 bits per heavy atom. The predicted octanol–water partition coefficient (Wildman–Crippen LogP) is 9.44. The highest BCUT2D eigenvalue weighted by Crippen LogP contribution is 2.68. The second-order valence-electron chi connectivity index (χ2n) is 17.6. The van der Waals surface area contributed by atoms with Gasteiger partial charge in [0.1, 0.15) is 17.6 Å². The molecule has 288 valence electrons. The summed E-state index contributed by atoms with van der Waals surface area (Å²) in [5.74, 6) is 6.06. The topological polar surface area (TPSA) is 101 Å². The Kier molecular flexibility index (Phi) is 13.1. The fourth-order valence-corrected chi connectivity index (χ4v) is 13.9. The third-order valence-corrected chi connectivity index (χ3v) is 17.4. The van der Waals surface area contributed by atoms with Crippen LogP contribution < -0.4 is 0 Å². The summed E-state index contributed by atoms with van der Waals surface area (Å²) >= 11 is 0. The van der Waals surface area contributed by atoms with Crippen LogP contribution in [0.4, 0.5) is 8.78 Å². The molecule has 0 N–H and O–H groups in total. The van der Waals surface area contributed by atoms with Crippen LogP contribution in [0.15, 0.2) is 30.3 Å². The van der Waals surface area contributed by atoms with Gasteiger partial charge in [0, 0.05) is 5.56 Å². The summed E-state index contributed by atoms with van der Waals surface area (Å²) in [6.45, 7) is 12.0. The number of halogens is 2. The van der Waals surface area contributed by atoms with E-state index in [2.05, 4.69) is 34.6 Å². The van der Waals surface area contributed by atoms with Crippen LogP contribution in [0, 0.1) is 52.3 Å². The molecule has 5 fully saturated rings. The number of esters is 1. The number of carbonyl (C=O) groups is 2. The number of hydrogen-bond acceptors (Lipinski definition) is 6. The van der Waals surface area contributed by atoms with E-state index >= 15 is 0 Å². The molecule has 1 saturated heterocycles. The first-order valence-electron chi connectivity index (χ1n) is 19.7. The zero-order valence-electron chi connectivity index (χ0n) is 31.5. The molecule has 0 amide bonds. The standard InChI is InChI=1S/C29H48F2O5S.C12H15OS/c1-18(2)7-6-8-19(3)23-11-12-24-22-10-9-20-17-21(36-26(32)29(30,31)37(33,34)35)13-15-27(20,4)25(22)14-16-28(23,24)5;13-12(10-14-8-4-5-9-14)11-6-2-1-3-7-11/h18-25H,6-17H2,1-5H3,(H,33,34,35);1-3,6-7H,4-5,8-10H2/q;+1/p-1. The molecule has 4 saturated carbocycles. The maximum absolute atomic E-state index is 13.7. The number of carbonyl (C=O) groups excluding carboxylic acids is 2. The maximum atomic E-state index is 13.7. The molecule has 10 heteroatoms. The highest BCUT2D eigenvalue weighted by Gasteiger charge is 2.61. The van der Waals surface area contributed by atoms with E-state index in [-0.39, 0.29) is 11.3 Å². The van der Waals surface area contributed by atoms with Crippen molar-refractivity contribution in [1.82, 2.24) is 0 Å². The van der Waals surface area contributed by atoms with Crippen LogP contribution in [0.3, 0.4) is 0 Å². The van der Waals surface area contributed by atoms with Gasteiger partial charge in [0.05, 0.1) is 0 Å². The quantitative estimate of drug-likeness (QED) is 0.0967. The van der Waals surface area contributed by atoms with Gasteiger partial charge in [0.15, 0.2) is 15.9 Å². The smallest absolute Gasteiger partial charge is 0.428 e. The lowest BCUT2D eigenvalue weighted by Gasteiger charge is -2.61. The van der Waals surface area contributed by atoms with Gasteiger partial charge in [-0.2, -0.15) is 8.78 Å². The summed E-state index contributed by atoms with van der Waals surface area (Å²) in [6, 6.07) is 9.66. The van der Waals surface area contributed by atoms with E-state index in [4.69, 9.17) is 4.74 Å². The molecule has 1 heterocycles. The largest absolute Gasteiger partial charge is 0.743 e. The summed E-state index contributed by atoms with van der Waals surface area (Å²) in [6.07, 6.45) is 14.8. The number of hydrogen-bond donors (Lipinski definition) is 0. The minimum Gasteiger partial charge on any atom is -0.743 e. The van der Waals surface area contributed by atoms with Crippen molar-refractivity contribution in [2.75, 3.05) is 17.3 Å². The second-order valence-corrected chi connectivity index (χ2v) is 21.4. The van der Waals surface area contributed by atoms with E-state index < -0.39 is 27.4 Å². The van der Waals surface area contributed by atoms with Crippen LogP contribution in [0.5, 0.6) is 0 Å². The fourth-order valence-electron chi connectivity index (χ4n) is 11.4. The minimum absolute atomic E-state index is 0.0846. The summed E-state index contributed by atoms with van der Waals surface area (Å²) in [5.41, 5.74) is 1.37. The molecular formula is C41H62F2O6S2. The molecule has 1 aliphatic heterocycles. The van der Waals surface area contributed by atoms with Gasteiger partial charge >= 0.3 is 11.2 Å². The molecular weight excluding hydrogens is 691 g/mol. The fraction of sp³-hybridized carbons (Fsp3) is 0.805. The zero-order chi connectivity index (χ0) is 37.2. The second kappa shape index (κ2) is 16.5. The van der Waals surface area contributed by atoms with E-state index in [1.54, 1.807) is 0 Å². The Morgan fingerprint density at radius 3 is 2.22 bits per heavy atom. The zero-order valence-corrected chi connectivity index (χ0v) is 33.2. The first-order chi connectivity index (χ1) is 24.0. The summed E-state index contributed by atoms with van der Waals surface area (Å²) in [7, 11) is -5.70. The van der Waals surface area contributed by atoms with Crippen molar-refractivity contribution < 1.29 is 36.1 Å². The van der Waals surface area contributed by atoms with Gasteiger partial charge in [-0.3, -0.25) is 4.79 Å². The highest BCUT2D eigenvalue weighted by molar-refractivity contribution is 7.97. The normalized spacial score (nSPS) is 34.5. The molecule has 6 nitrogen and oxygen atoms in total. The first-order valence-corrected chi connectivity index (χ1v) is 22.9. The Bertz CT molecular complexity index is 1450. The third kappa shape index (κ3) is 8.90. The van der Waals surface area contributed by atoms with Gasteiger partial charge in [0.2, 0.25) is 5.78 Å². The Morgan fingerprint density at radius 1 is 0.922 bits per heavy atom. The lowest BCUT2D eigenvalue weighted by atomic mass is 9.44. The molecule has 0 aromatic heterocycles. The van der Waals surface area contributed by atoms with Crippen LogP contribution >= 0.6 is 0 Å². The summed E-state index contributed by atoms with van der Waals surface area (Å²) < 4.78 is 64.8. The molecule has 9 atom stereocenters. The van der Waals surface area contributed by atoms with Crippen LogP contribution in [0.1, 0.15) is 135 Å². The van der Waals surface area contributed by atoms with Gasteiger partial charge in [-0.25, -0.2) is 13.2 Å². The van der Waals surface area contributed by atoms with Crippen LogP contribution in [0.2, 0.25) is 0 Å². The minimum atomic E-state index is -6.10. The van der Waals surface area contributed by atoms with Crippen molar-refractivity contribution in [3.63, 3.8) is 0 Å². The molecule has 5 aliphatic rings. The van der Waals surface area contributed by atoms with Crippen molar-refractivity contribution in [3.05, 3.63) is 35.9 Å². The maximum Gasteiger partial charge on any atom is 0.428 e. The highest BCUT2D eigenvalue weighted by atomic mass is 32.2. The van der Waals surface area contributed by atoms with E-state index in [0.717, 1.165) is 54.3 Å². The molecule has 0 spiro atoms. The molecule has 9 unspecified atom stereocenters. The van der Waals surface area contributed by atoms with Crippen molar-refractivity contribution in [3.8, 4) is 0 Å². The number of benzene rings is 1. The van der Waals surface area contributed by atoms with Gasteiger partial charge in [-0.15, -0.1) is 0 Å². The molecule has 6 rings (SSSR count). The number of ketones is 1. The molecule has 1 aromatic carbocycles. The number of alkyl halides is 2. The average molecular weight is 753 g/mol. The van der Waals surface area contributed by atoms with Gasteiger partial charge in [0.25, 0.3) is 0 Å². The van der Waals surface area contributed by atoms with Gasteiger partial charge in [-0.1, -0.05) is 84.2 Å². The van der Waals surface area contributed by atoms with Crippen LogP contribution in [-0.2, 0) is 30.5 Å². The number of ether oxygens (including phenoxy) is 1. The van der Waals surface area contributed by atoms with Crippen molar-refractivity contribution in [2.45, 2.75) is 136 Å². The van der Waals surface area contributed by atoms with Crippen LogP contribution in [0.25, 0.3) is 0 Å². The number of Topliss-reactive ketones (excluding diaryl/α,β-unsaturated/α-hetero) is 1. The van der Waals surface area contributed by atoms with Gasteiger partial charge < -0.3 is 9.29 Å². The average Bonchev–Trinajstić information content (AvgIpc) is 3.72. The number of fused-ring (bicyclic) bond motifs is 5. The van der Waals surface area contributed by atoms with E-state index in [9.17, 15) is 31.3 Å². The van der Waals surface area contributed by atoms with Crippen molar-refractivity contribution in [1.29, 1.82) is 0 Å².